The van der Waals surface area contributed by atoms with Crippen molar-refractivity contribution >= 4 is 44.9 Å². The number of rotatable bonds is 22. The molecular formula is C34H57N7O15P2. The number of benzene rings is 2. The summed E-state index contributed by atoms with van der Waals surface area (Å²) >= 11 is 0. The third-order valence-electron chi connectivity index (χ3n) is 8.00. The Balaban J connectivity index is 0. The number of hydroxylamine groups is 2. The van der Waals surface area contributed by atoms with Crippen molar-refractivity contribution < 1.29 is 71.1 Å². The van der Waals surface area contributed by atoms with Crippen molar-refractivity contribution in [1.29, 1.82) is 0 Å². The van der Waals surface area contributed by atoms with Gasteiger partial charge in [-0.25, -0.2) is 13.9 Å². The van der Waals surface area contributed by atoms with Crippen LogP contribution in [0.3, 0.4) is 0 Å². The lowest BCUT2D eigenvalue weighted by molar-refractivity contribution is -0.171. The molecule has 0 aliphatic rings. The fraction of sp³-hybridized carbons (Fsp3) is 0.412. The molecule has 22 nitrogen and oxygen atoms in total. The number of ether oxygens (including phenoxy) is 2. The van der Waals surface area contributed by atoms with Gasteiger partial charge >= 0.3 is 21.4 Å². The van der Waals surface area contributed by atoms with E-state index in [2.05, 4.69) is 15.2 Å². The molecule has 24 heteroatoms. The minimum absolute atomic E-state index is 0. The summed E-state index contributed by atoms with van der Waals surface area (Å²) in [5.41, 5.74) is 0.468. The summed E-state index contributed by atoms with van der Waals surface area (Å²) in [6.45, 7) is 5.93. The van der Waals surface area contributed by atoms with Gasteiger partial charge in [-0.2, -0.15) is 5.06 Å². The minimum Gasteiger partial charge on any atom is -0.494 e. The summed E-state index contributed by atoms with van der Waals surface area (Å²) in [6.07, 6.45) is 2.94. The molecule has 3 aromatic rings. The molecule has 18 N–H and O–H groups in total. The van der Waals surface area contributed by atoms with Crippen LogP contribution in [0.15, 0.2) is 52.9 Å². The minimum atomic E-state index is -4.87. The summed E-state index contributed by atoms with van der Waals surface area (Å²) in [6, 6.07) is 10.2. The predicted octanol–water partition coefficient (Wildman–Crippen LogP) is 4.56. The quantitative estimate of drug-likeness (QED) is 0.0217. The van der Waals surface area contributed by atoms with Gasteiger partial charge in [0.05, 0.1) is 30.5 Å². The number of phosphoric ester groups is 1. The summed E-state index contributed by atoms with van der Waals surface area (Å²) in [4.78, 5) is 95.0. The van der Waals surface area contributed by atoms with E-state index in [4.69, 9.17) is 28.5 Å². The molecule has 1 heterocycles. The molecule has 0 saturated carbocycles. The van der Waals surface area contributed by atoms with Crippen LogP contribution in [0.2, 0.25) is 0 Å². The first-order valence-corrected chi connectivity index (χ1v) is 20.1. The first-order chi connectivity index (χ1) is 25.5. The molecule has 0 aliphatic carbocycles. The molecule has 2 atom stereocenters. The molecule has 0 unspecified atom stereocenters. The summed E-state index contributed by atoms with van der Waals surface area (Å²) in [5, 5.41) is 5.59. The second-order valence-electron chi connectivity index (χ2n) is 11.8. The van der Waals surface area contributed by atoms with Gasteiger partial charge in [0.15, 0.2) is 12.6 Å². The molecule has 0 radical (unpaired) electrons. The Morgan fingerprint density at radius 2 is 1.60 bits per heavy atom. The fourth-order valence-electron chi connectivity index (χ4n) is 5.43. The number of furan rings is 1. The smallest absolute Gasteiger partial charge is 0.472 e. The number of carbonyl (C=O) groups is 4. The lowest BCUT2D eigenvalue weighted by Crippen LogP contribution is -2.49. The van der Waals surface area contributed by atoms with Gasteiger partial charge in [0.1, 0.15) is 22.8 Å². The van der Waals surface area contributed by atoms with Gasteiger partial charge in [0.25, 0.3) is 5.91 Å². The second kappa shape index (κ2) is 25.6. The summed E-state index contributed by atoms with van der Waals surface area (Å²) in [7, 11) is -9.51. The first kappa shape index (κ1) is 55.4. The van der Waals surface area contributed by atoms with Crippen molar-refractivity contribution in [1.82, 2.24) is 40.3 Å². The van der Waals surface area contributed by atoms with E-state index in [-0.39, 0.29) is 90.2 Å². The molecule has 0 saturated heterocycles. The fourth-order valence-corrected chi connectivity index (χ4v) is 6.23. The van der Waals surface area contributed by atoms with Gasteiger partial charge in [0, 0.05) is 5.56 Å². The molecule has 1 aromatic heterocycles. The van der Waals surface area contributed by atoms with Crippen LogP contribution in [0, 0.1) is 12.8 Å². The Labute approximate surface area is 336 Å². The molecule has 0 bridgehead atoms. The normalized spacial score (nSPS) is 11.8. The molecule has 0 spiro atoms. The lowest BCUT2D eigenvalue weighted by atomic mass is 9.90. The topological polar surface area (TPSA) is 401 Å². The van der Waals surface area contributed by atoms with E-state index < -0.39 is 52.0 Å². The van der Waals surface area contributed by atoms with Crippen LogP contribution >= 0.6 is 15.4 Å². The summed E-state index contributed by atoms with van der Waals surface area (Å²) < 4.78 is 43.6. The highest BCUT2D eigenvalue weighted by molar-refractivity contribution is 7.60. The van der Waals surface area contributed by atoms with E-state index in [1.807, 2.05) is 6.92 Å². The van der Waals surface area contributed by atoms with E-state index in [1.165, 1.54) is 42.5 Å². The van der Waals surface area contributed by atoms with Crippen LogP contribution in [0.5, 0.6) is 11.5 Å². The third-order valence-corrected chi connectivity index (χ3v) is 9.37. The first-order valence-electron chi connectivity index (χ1n) is 16.9. The highest BCUT2D eigenvalue weighted by Gasteiger charge is 2.34. The van der Waals surface area contributed by atoms with Crippen LogP contribution in [0.25, 0.3) is 11.3 Å². The molecule has 2 aromatic carbocycles. The summed E-state index contributed by atoms with van der Waals surface area (Å²) in [5.74, 6) is -3.15. The van der Waals surface area contributed by atoms with E-state index in [0.717, 1.165) is 17.9 Å². The molecule has 58 heavy (non-hydrogen) atoms. The van der Waals surface area contributed by atoms with E-state index in [0.29, 0.717) is 18.4 Å². The molecule has 3 amide bonds. The number of phosphoric acid groups is 1. The zero-order valence-electron chi connectivity index (χ0n) is 33.0. The predicted molar refractivity (Wildman–Crippen MR) is 212 cm³/mol. The Morgan fingerprint density at radius 3 is 2.19 bits per heavy atom. The zero-order valence-corrected chi connectivity index (χ0v) is 34.7. The average molecular weight is 866 g/mol. The molecule has 0 aliphatic heterocycles. The number of unbranched alkanes of at least 4 members (excludes halogenated alkanes) is 2. The lowest BCUT2D eigenvalue weighted by Gasteiger charge is -2.32. The highest BCUT2D eigenvalue weighted by Crippen LogP contribution is 2.38. The largest absolute Gasteiger partial charge is 0.494 e. The maximum absolute atomic E-state index is 13.6. The maximum atomic E-state index is 13.6. The number of aryl methyl sites for hydroxylation is 1. The van der Waals surface area contributed by atoms with Crippen molar-refractivity contribution in [3.8, 4) is 22.8 Å². The standard InChI is InChI=1S/C34H45N3O15P2.4H3N/c1-5-8-9-12-26(27(6-2)37(20-38)52-34(41)31-22(4)11-10-13-29(31)49-21-50-54(45,46)47)32(39)35-19-36-33(40)30-15-14-28(51-30)23-16-24(48-7-3)18-25(17-23)53(42,43)44;;;;/h10-11,13-18,20,26-27H,5-9,12,19,21H2,1-4H3,(H,35,39)(H,36,40)(H2,42,43,44)(H2,45,46,47);4*1H3/t26-,27-;;;;/m1..../s1. The molecular weight excluding hydrogens is 808 g/mol. The Morgan fingerprint density at radius 1 is 0.914 bits per heavy atom. The average Bonchev–Trinajstić information content (AvgIpc) is 3.60. The number of nitrogens with zero attached hydrogens (tertiary/aromatic N) is 1. The second-order valence-corrected chi connectivity index (χ2v) is 14.7. The van der Waals surface area contributed by atoms with Gasteiger partial charge in [-0.3, -0.25) is 18.9 Å². The van der Waals surface area contributed by atoms with Gasteiger partial charge in [-0.15, -0.1) is 0 Å². The SMILES string of the molecule is CCCCC[C@@H](C(=O)NCNC(=O)c1ccc(-c2cc(OCC)cc(P(=O)(O)O)c2)o1)[C@@H](CC)N(C=O)OC(=O)c1c(C)cccc1OCOP(=O)(O)O.N.N.N.N. The monoisotopic (exact) mass is 865 g/mol. The van der Waals surface area contributed by atoms with Crippen molar-refractivity contribution in [2.45, 2.75) is 65.8 Å². The number of hydrogen-bond donors (Lipinski definition) is 10. The Kier molecular flexibility index (Phi) is 24.5. The van der Waals surface area contributed by atoms with Crippen molar-refractivity contribution in [2.24, 2.45) is 5.92 Å². The van der Waals surface area contributed by atoms with Crippen LogP contribution in [-0.4, -0.2) is 74.9 Å². The van der Waals surface area contributed by atoms with Crippen molar-refractivity contribution in [2.75, 3.05) is 20.1 Å². The van der Waals surface area contributed by atoms with Gasteiger partial charge in [-0.1, -0.05) is 45.2 Å². The van der Waals surface area contributed by atoms with Gasteiger partial charge in [-0.05, 0) is 68.7 Å². The molecule has 328 valence electrons. The Bertz CT molecular complexity index is 1870. The Hall–Kier alpha value is -4.70. The highest BCUT2D eigenvalue weighted by atomic mass is 31.2. The number of carbonyl (C=O) groups excluding carboxylic acids is 4. The third kappa shape index (κ3) is 16.3. The zero-order chi connectivity index (χ0) is 40.1. The van der Waals surface area contributed by atoms with Gasteiger partial charge in [0.2, 0.25) is 12.3 Å². The number of hydrogen-bond acceptors (Lipinski definition) is 15. The number of amides is 3. The van der Waals surface area contributed by atoms with Gasteiger partial charge < -0.3 is 73.5 Å². The van der Waals surface area contributed by atoms with E-state index in [1.54, 1.807) is 26.8 Å². The van der Waals surface area contributed by atoms with Crippen LogP contribution in [0.4, 0.5) is 0 Å². The van der Waals surface area contributed by atoms with Crippen LogP contribution < -0.4 is 50.0 Å². The number of nitrogens with one attached hydrogen (secondary N) is 2. The van der Waals surface area contributed by atoms with Crippen molar-refractivity contribution in [3.63, 3.8) is 0 Å². The van der Waals surface area contributed by atoms with E-state index >= 15 is 0 Å². The van der Waals surface area contributed by atoms with Crippen molar-refractivity contribution in [3.05, 3.63) is 65.4 Å². The molecule has 3 rings (SSSR count). The maximum Gasteiger partial charge on any atom is 0.472 e. The van der Waals surface area contributed by atoms with Crippen LogP contribution in [0.1, 0.15) is 79.4 Å². The molecule has 0 fully saturated rings. The van der Waals surface area contributed by atoms with Crippen LogP contribution in [-0.2, 0) is 28.1 Å². The van der Waals surface area contributed by atoms with E-state index in [9.17, 15) is 38.1 Å².